The Labute approximate surface area is 113 Å². The first kappa shape index (κ1) is 12.2. The molecule has 0 nitrogen and oxygen atoms in total. The van der Waals surface area contributed by atoms with Crippen LogP contribution in [0, 0.1) is 5.82 Å². The minimum absolute atomic E-state index is 0.0749. The number of hydrogen-bond acceptors (Lipinski definition) is 0. The van der Waals surface area contributed by atoms with Crippen molar-refractivity contribution in [1.29, 1.82) is 0 Å². The van der Waals surface area contributed by atoms with Gasteiger partial charge in [-0.2, -0.15) is 0 Å². The molecular weight excluding hydrogens is 235 g/mol. The second-order valence-electron chi connectivity index (χ2n) is 5.04. The average molecular weight is 252 g/mol. The van der Waals surface area contributed by atoms with Crippen LogP contribution in [0.5, 0.6) is 0 Å². The molecule has 0 N–H and O–H groups in total. The molecule has 0 saturated heterocycles. The van der Waals surface area contributed by atoms with Crippen LogP contribution in [0.3, 0.4) is 0 Å². The van der Waals surface area contributed by atoms with E-state index in [0.29, 0.717) is 6.42 Å². The molecule has 1 heteroatoms. The number of aryl methyl sites for hydroxylation is 1. The number of hydrogen-bond donors (Lipinski definition) is 0. The average Bonchev–Trinajstić information content (AvgIpc) is 2.47. The van der Waals surface area contributed by atoms with Gasteiger partial charge in [0.15, 0.2) is 0 Å². The van der Waals surface area contributed by atoms with E-state index in [4.69, 9.17) is 0 Å². The topological polar surface area (TPSA) is 0 Å². The fraction of sp³-hybridized carbons (Fsp3) is 0.222. The number of rotatable bonds is 2. The summed E-state index contributed by atoms with van der Waals surface area (Å²) in [4.78, 5) is 0. The Morgan fingerprint density at radius 2 is 1.84 bits per heavy atom. The molecule has 1 aliphatic carbocycles. The molecule has 3 rings (SSSR count). The van der Waals surface area contributed by atoms with Gasteiger partial charge in [-0.3, -0.25) is 0 Å². The van der Waals surface area contributed by atoms with Gasteiger partial charge in [0.05, 0.1) is 0 Å². The monoisotopic (exact) mass is 252 g/mol. The molecule has 0 heterocycles. The molecule has 0 spiro atoms. The maximum Gasteiger partial charge on any atom is 0.126 e. The lowest BCUT2D eigenvalue weighted by atomic mass is 9.87. The number of benzene rings is 2. The predicted octanol–water partition coefficient (Wildman–Crippen LogP) is 4.57. The van der Waals surface area contributed by atoms with Crippen molar-refractivity contribution in [3.05, 3.63) is 76.6 Å². The van der Waals surface area contributed by atoms with Gasteiger partial charge in [0.25, 0.3) is 0 Å². The van der Waals surface area contributed by atoms with Crippen molar-refractivity contribution < 1.29 is 4.39 Å². The van der Waals surface area contributed by atoms with E-state index in [1.54, 1.807) is 12.1 Å². The summed E-state index contributed by atoms with van der Waals surface area (Å²) in [5.74, 6) is -0.0749. The highest BCUT2D eigenvalue weighted by atomic mass is 19.1. The summed E-state index contributed by atoms with van der Waals surface area (Å²) < 4.78 is 13.7. The van der Waals surface area contributed by atoms with Crippen LogP contribution < -0.4 is 0 Å². The Kier molecular flexibility index (Phi) is 3.20. The molecule has 2 aromatic carbocycles. The van der Waals surface area contributed by atoms with Gasteiger partial charge in [-0.1, -0.05) is 49.4 Å². The van der Waals surface area contributed by atoms with E-state index in [9.17, 15) is 4.39 Å². The van der Waals surface area contributed by atoms with Crippen molar-refractivity contribution in [1.82, 2.24) is 0 Å². The third kappa shape index (κ3) is 2.33. The van der Waals surface area contributed by atoms with Crippen LogP contribution in [0.1, 0.15) is 29.2 Å². The maximum absolute atomic E-state index is 13.7. The molecule has 2 aromatic rings. The second-order valence-corrected chi connectivity index (χ2v) is 5.04. The molecule has 0 saturated carbocycles. The largest absolute Gasteiger partial charge is 0.207 e. The first-order chi connectivity index (χ1) is 9.28. The summed E-state index contributed by atoms with van der Waals surface area (Å²) in [6.07, 6.45) is 4.76. The van der Waals surface area contributed by atoms with Crippen molar-refractivity contribution in [3.63, 3.8) is 0 Å². The van der Waals surface area contributed by atoms with Gasteiger partial charge in [-0.25, -0.2) is 4.39 Å². The zero-order valence-electron chi connectivity index (χ0n) is 11.1. The molecule has 0 unspecified atom stereocenters. The summed E-state index contributed by atoms with van der Waals surface area (Å²) in [6, 6.07) is 14.1. The van der Waals surface area contributed by atoms with Crippen LogP contribution >= 0.6 is 0 Å². The lowest BCUT2D eigenvalue weighted by Crippen LogP contribution is -2.05. The van der Waals surface area contributed by atoms with Gasteiger partial charge in [0.2, 0.25) is 0 Å². The summed E-state index contributed by atoms with van der Waals surface area (Å²) in [5, 5.41) is 0. The third-order valence-electron chi connectivity index (χ3n) is 3.88. The van der Waals surface area contributed by atoms with Crippen LogP contribution in [0.4, 0.5) is 4.39 Å². The Hall–Kier alpha value is -1.89. The smallest absolute Gasteiger partial charge is 0.126 e. The zero-order valence-corrected chi connectivity index (χ0v) is 11.1. The molecular formula is C18H17F. The van der Waals surface area contributed by atoms with E-state index in [1.165, 1.54) is 16.7 Å². The Balaban J connectivity index is 1.90. The molecule has 0 radical (unpaired) electrons. The van der Waals surface area contributed by atoms with Gasteiger partial charge in [-0.05, 0) is 53.2 Å². The van der Waals surface area contributed by atoms with Crippen molar-refractivity contribution in [2.24, 2.45) is 0 Å². The van der Waals surface area contributed by atoms with Crippen LogP contribution in [-0.2, 0) is 19.3 Å². The molecule has 19 heavy (non-hydrogen) atoms. The Morgan fingerprint density at radius 1 is 1.05 bits per heavy atom. The van der Waals surface area contributed by atoms with Crippen LogP contribution in [0.15, 0.2) is 48.5 Å². The first-order valence-corrected chi connectivity index (χ1v) is 6.82. The van der Waals surface area contributed by atoms with E-state index in [0.717, 1.165) is 24.0 Å². The molecule has 1 aliphatic rings. The molecule has 0 amide bonds. The van der Waals surface area contributed by atoms with Crippen LogP contribution in [0.25, 0.3) is 5.57 Å². The number of fused-ring (bicyclic) bond motifs is 1. The van der Waals surface area contributed by atoms with Crippen molar-refractivity contribution in [3.8, 4) is 0 Å². The fourth-order valence-electron chi connectivity index (χ4n) is 2.67. The Morgan fingerprint density at radius 3 is 2.58 bits per heavy atom. The van der Waals surface area contributed by atoms with Crippen molar-refractivity contribution in [2.75, 3.05) is 0 Å². The van der Waals surface area contributed by atoms with Crippen molar-refractivity contribution >= 4 is 5.57 Å². The van der Waals surface area contributed by atoms with Gasteiger partial charge in [0, 0.05) is 0 Å². The summed E-state index contributed by atoms with van der Waals surface area (Å²) >= 11 is 0. The summed E-state index contributed by atoms with van der Waals surface area (Å²) in [5.41, 5.74) is 5.90. The highest BCUT2D eigenvalue weighted by Gasteiger charge is 2.15. The minimum atomic E-state index is -0.0749. The normalized spacial score (nSPS) is 13.9. The maximum atomic E-state index is 13.7. The fourth-order valence-corrected chi connectivity index (χ4v) is 2.67. The zero-order chi connectivity index (χ0) is 13.2. The SMILES string of the molecule is CCc1ccc(C2=CCc3c(F)cccc3C2)cc1. The first-order valence-electron chi connectivity index (χ1n) is 6.82. The Bertz CT molecular complexity index is 621. The quantitative estimate of drug-likeness (QED) is 0.734. The van der Waals surface area contributed by atoms with Gasteiger partial charge >= 0.3 is 0 Å². The lowest BCUT2D eigenvalue weighted by Gasteiger charge is -2.18. The van der Waals surface area contributed by atoms with Gasteiger partial charge in [-0.15, -0.1) is 0 Å². The molecule has 0 aliphatic heterocycles. The standard InChI is InChI=1S/C18H17F/c1-2-13-6-8-14(9-7-13)15-10-11-17-16(12-15)4-3-5-18(17)19/h3-10H,2,11-12H2,1H3. The van der Waals surface area contributed by atoms with Gasteiger partial charge < -0.3 is 0 Å². The molecule has 0 bridgehead atoms. The molecule has 96 valence electrons. The molecule has 0 atom stereocenters. The number of halogens is 1. The van der Waals surface area contributed by atoms with E-state index >= 15 is 0 Å². The summed E-state index contributed by atoms with van der Waals surface area (Å²) in [7, 11) is 0. The van der Waals surface area contributed by atoms with E-state index in [-0.39, 0.29) is 5.82 Å². The molecule has 0 fully saturated rings. The van der Waals surface area contributed by atoms with E-state index < -0.39 is 0 Å². The number of allylic oxidation sites excluding steroid dienone is 2. The van der Waals surface area contributed by atoms with Gasteiger partial charge in [0.1, 0.15) is 5.82 Å². The van der Waals surface area contributed by atoms with Crippen LogP contribution in [0.2, 0.25) is 0 Å². The summed E-state index contributed by atoms with van der Waals surface area (Å²) in [6.45, 7) is 2.16. The lowest BCUT2D eigenvalue weighted by molar-refractivity contribution is 0.611. The van der Waals surface area contributed by atoms with E-state index in [1.807, 2.05) is 6.07 Å². The molecule has 0 aromatic heterocycles. The highest BCUT2D eigenvalue weighted by molar-refractivity contribution is 5.70. The second kappa shape index (κ2) is 5.00. The van der Waals surface area contributed by atoms with E-state index in [2.05, 4.69) is 37.3 Å². The highest BCUT2D eigenvalue weighted by Crippen LogP contribution is 2.29. The minimum Gasteiger partial charge on any atom is -0.207 e. The van der Waals surface area contributed by atoms with Crippen LogP contribution in [-0.4, -0.2) is 0 Å². The predicted molar refractivity (Wildman–Crippen MR) is 77.6 cm³/mol. The third-order valence-corrected chi connectivity index (χ3v) is 3.88. The van der Waals surface area contributed by atoms with Crippen molar-refractivity contribution in [2.45, 2.75) is 26.2 Å².